The van der Waals surface area contributed by atoms with Crippen molar-refractivity contribution in [3.8, 4) is 0 Å². The van der Waals surface area contributed by atoms with E-state index in [0.29, 0.717) is 17.2 Å². The van der Waals surface area contributed by atoms with Crippen molar-refractivity contribution in [2.45, 2.75) is 12.8 Å². The molecule has 0 atom stereocenters. The van der Waals surface area contributed by atoms with E-state index in [2.05, 4.69) is 20.5 Å². The lowest BCUT2D eigenvalue weighted by atomic mass is 10.2. The van der Waals surface area contributed by atoms with Gasteiger partial charge in [0.1, 0.15) is 17.0 Å². The van der Waals surface area contributed by atoms with Gasteiger partial charge in [-0.3, -0.25) is 18.7 Å². The number of aryl methyl sites for hydroxylation is 1. The summed E-state index contributed by atoms with van der Waals surface area (Å²) in [6.45, 7) is 1.55. The van der Waals surface area contributed by atoms with Gasteiger partial charge in [0.2, 0.25) is 5.91 Å². The number of aromatic nitrogens is 3. The molecule has 2 aromatic heterocycles. The molecule has 1 amide bonds. The summed E-state index contributed by atoms with van der Waals surface area (Å²) in [4.78, 5) is 44.3. The molecule has 9 nitrogen and oxygen atoms in total. The molecule has 0 unspecified atom stereocenters. The van der Waals surface area contributed by atoms with Crippen LogP contribution in [0.1, 0.15) is 12.8 Å². The van der Waals surface area contributed by atoms with Crippen LogP contribution in [-0.4, -0.2) is 39.7 Å². The van der Waals surface area contributed by atoms with E-state index in [-0.39, 0.29) is 23.5 Å². The normalized spacial score (nSPS) is 13.6. The van der Waals surface area contributed by atoms with Crippen LogP contribution in [-0.2, 0) is 18.9 Å². The molecule has 10 heteroatoms. The van der Waals surface area contributed by atoms with Gasteiger partial charge < -0.3 is 15.5 Å². The van der Waals surface area contributed by atoms with Crippen LogP contribution in [0.15, 0.2) is 39.9 Å². The zero-order valence-corrected chi connectivity index (χ0v) is 17.3. The van der Waals surface area contributed by atoms with E-state index in [1.165, 1.54) is 35.9 Å². The number of benzene rings is 1. The third kappa shape index (κ3) is 4.00. The van der Waals surface area contributed by atoms with Gasteiger partial charge in [0.15, 0.2) is 5.65 Å². The first-order valence-electron chi connectivity index (χ1n) is 10.00. The van der Waals surface area contributed by atoms with Gasteiger partial charge in [-0.1, -0.05) is 0 Å². The van der Waals surface area contributed by atoms with E-state index in [4.69, 9.17) is 0 Å². The summed E-state index contributed by atoms with van der Waals surface area (Å²) < 4.78 is 15.4. The molecule has 1 fully saturated rings. The molecule has 1 saturated heterocycles. The molecule has 2 N–H and O–H groups in total. The van der Waals surface area contributed by atoms with E-state index < -0.39 is 17.1 Å². The molecular formula is C21H23FN6O3. The fourth-order valence-corrected chi connectivity index (χ4v) is 3.70. The maximum Gasteiger partial charge on any atom is 0.332 e. The Morgan fingerprint density at radius 3 is 2.45 bits per heavy atom. The van der Waals surface area contributed by atoms with Gasteiger partial charge in [-0.05, 0) is 37.1 Å². The molecule has 31 heavy (non-hydrogen) atoms. The minimum Gasteiger partial charge on any atom is -0.375 e. The Kier molecular flexibility index (Phi) is 5.45. The zero-order chi connectivity index (χ0) is 22.1. The highest BCUT2D eigenvalue weighted by atomic mass is 19.1. The summed E-state index contributed by atoms with van der Waals surface area (Å²) in [5.74, 6) is -0.106. The van der Waals surface area contributed by atoms with Gasteiger partial charge in [-0.25, -0.2) is 14.2 Å². The minimum atomic E-state index is -0.486. The lowest BCUT2D eigenvalue weighted by Crippen LogP contribution is -2.38. The summed E-state index contributed by atoms with van der Waals surface area (Å²) in [6.07, 6.45) is 2.08. The topological polar surface area (TPSA) is 101 Å². The Morgan fingerprint density at radius 1 is 1.10 bits per heavy atom. The van der Waals surface area contributed by atoms with Crippen LogP contribution in [0.3, 0.4) is 0 Å². The number of amides is 1. The smallest absolute Gasteiger partial charge is 0.332 e. The van der Waals surface area contributed by atoms with Gasteiger partial charge in [0, 0.05) is 38.9 Å². The molecule has 3 aromatic rings. The number of pyridine rings is 1. The van der Waals surface area contributed by atoms with Gasteiger partial charge in [-0.2, -0.15) is 0 Å². The second-order valence-electron chi connectivity index (χ2n) is 7.54. The van der Waals surface area contributed by atoms with Crippen LogP contribution in [0.2, 0.25) is 0 Å². The standard InChI is InChI=1S/C21H23FN6O3/c1-26-19-18(20(30)27(2)21(26)31)15(11-16(25-19)28-9-3-4-10-28)23-12-17(29)24-14-7-5-13(22)6-8-14/h5-8,11H,3-4,9-10,12H2,1-2H3,(H,23,25)(H,24,29). The average Bonchev–Trinajstić information content (AvgIpc) is 3.31. The van der Waals surface area contributed by atoms with E-state index in [1.807, 2.05) is 0 Å². The fourth-order valence-electron chi connectivity index (χ4n) is 3.70. The second kappa shape index (κ2) is 8.21. The van der Waals surface area contributed by atoms with Crippen molar-refractivity contribution in [2.24, 2.45) is 14.1 Å². The molecule has 1 aliphatic heterocycles. The second-order valence-corrected chi connectivity index (χ2v) is 7.54. The number of anilines is 3. The number of carbonyl (C=O) groups is 1. The molecule has 0 bridgehead atoms. The zero-order valence-electron chi connectivity index (χ0n) is 17.3. The van der Waals surface area contributed by atoms with Gasteiger partial charge >= 0.3 is 5.69 Å². The van der Waals surface area contributed by atoms with Gasteiger partial charge in [0.05, 0.1) is 12.2 Å². The summed E-state index contributed by atoms with van der Waals surface area (Å²) in [5.41, 5.74) is 0.198. The first kappa shape index (κ1) is 20.6. The number of rotatable bonds is 5. The minimum absolute atomic E-state index is 0.123. The van der Waals surface area contributed by atoms with Crippen LogP contribution in [0.4, 0.5) is 21.6 Å². The third-order valence-electron chi connectivity index (χ3n) is 5.39. The van der Waals surface area contributed by atoms with Crippen molar-refractivity contribution < 1.29 is 9.18 Å². The van der Waals surface area contributed by atoms with Crippen molar-refractivity contribution in [1.82, 2.24) is 14.1 Å². The molecule has 0 saturated carbocycles. The van der Waals surface area contributed by atoms with Crippen LogP contribution in [0.25, 0.3) is 11.0 Å². The quantitative estimate of drug-likeness (QED) is 0.640. The van der Waals surface area contributed by atoms with Crippen molar-refractivity contribution in [1.29, 1.82) is 0 Å². The van der Waals surface area contributed by atoms with Crippen molar-refractivity contribution in [3.63, 3.8) is 0 Å². The van der Waals surface area contributed by atoms with Crippen LogP contribution < -0.4 is 26.8 Å². The highest BCUT2D eigenvalue weighted by Gasteiger charge is 2.20. The molecule has 4 rings (SSSR count). The molecule has 1 aromatic carbocycles. The lowest BCUT2D eigenvalue weighted by molar-refractivity contribution is -0.114. The molecule has 162 valence electrons. The molecule has 0 aliphatic carbocycles. The molecule has 1 aliphatic rings. The predicted molar refractivity (Wildman–Crippen MR) is 117 cm³/mol. The Balaban J connectivity index is 1.69. The lowest BCUT2D eigenvalue weighted by Gasteiger charge is -2.20. The largest absolute Gasteiger partial charge is 0.375 e. The molecule has 0 radical (unpaired) electrons. The monoisotopic (exact) mass is 426 g/mol. The maximum absolute atomic E-state index is 13.0. The SMILES string of the molecule is Cn1c(=O)c2c(NCC(=O)Nc3ccc(F)cc3)cc(N3CCCC3)nc2n(C)c1=O. The Labute approximate surface area is 177 Å². The number of nitrogens with one attached hydrogen (secondary N) is 2. The van der Waals surface area contributed by atoms with E-state index >= 15 is 0 Å². The van der Waals surface area contributed by atoms with E-state index in [0.717, 1.165) is 30.5 Å². The Hall–Kier alpha value is -3.69. The van der Waals surface area contributed by atoms with Gasteiger partial charge in [-0.15, -0.1) is 0 Å². The average molecular weight is 426 g/mol. The number of carbonyl (C=O) groups excluding carboxylic acids is 1. The number of nitrogens with zero attached hydrogens (tertiary/aromatic N) is 4. The van der Waals surface area contributed by atoms with Crippen LogP contribution in [0.5, 0.6) is 0 Å². The number of fused-ring (bicyclic) bond motifs is 1. The Morgan fingerprint density at radius 2 is 1.77 bits per heavy atom. The first-order chi connectivity index (χ1) is 14.8. The molecule has 3 heterocycles. The first-order valence-corrected chi connectivity index (χ1v) is 10.00. The number of hydrogen-bond donors (Lipinski definition) is 2. The highest BCUT2D eigenvalue weighted by Crippen LogP contribution is 2.26. The maximum atomic E-state index is 13.0. The number of halogens is 1. The van der Waals surface area contributed by atoms with Crippen molar-refractivity contribution in [2.75, 3.05) is 35.2 Å². The van der Waals surface area contributed by atoms with Gasteiger partial charge in [0.25, 0.3) is 5.56 Å². The molecular weight excluding hydrogens is 403 g/mol. The van der Waals surface area contributed by atoms with E-state index in [9.17, 15) is 18.8 Å². The summed E-state index contributed by atoms with van der Waals surface area (Å²) >= 11 is 0. The fraction of sp³-hybridized carbons (Fsp3) is 0.333. The summed E-state index contributed by atoms with van der Waals surface area (Å²) in [7, 11) is 2.97. The Bertz CT molecular complexity index is 1260. The van der Waals surface area contributed by atoms with Crippen molar-refractivity contribution >= 4 is 34.1 Å². The highest BCUT2D eigenvalue weighted by molar-refractivity contribution is 5.96. The van der Waals surface area contributed by atoms with E-state index in [1.54, 1.807) is 13.1 Å². The summed E-state index contributed by atoms with van der Waals surface area (Å²) in [6, 6.07) is 7.18. The molecule has 0 spiro atoms. The summed E-state index contributed by atoms with van der Waals surface area (Å²) in [5, 5.41) is 5.93. The van der Waals surface area contributed by atoms with Crippen LogP contribution in [0, 0.1) is 5.82 Å². The predicted octanol–water partition coefficient (Wildman–Crippen LogP) is 1.42. The van der Waals surface area contributed by atoms with Crippen molar-refractivity contribution in [3.05, 3.63) is 57.0 Å². The number of hydrogen-bond acceptors (Lipinski definition) is 6. The van der Waals surface area contributed by atoms with Crippen LogP contribution >= 0.6 is 0 Å². The third-order valence-corrected chi connectivity index (χ3v) is 5.39.